The molecule has 116 valence electrons. The van der Waals surface area contributed by atoms with E-state index in [1.165, 1.54) is 74.9 Å². The lowest BCUT2D eigenvalue weighted by molar-refractivity contribution is 0.542. The highest BCUT2D eigenvalue weighted by molar-refractivity contribution is 7.09. The third-order valence-corrected chi connectivity index (χ3v) is 4.50. The summed E-state index contributed by atoms with van der Waals surface area (Å²) in [6.45, 7) is 6.41. The van der Waals surface area contributed by atoms with Crippen molar-refractivity contribution in [2.24, 2.45) is 0 Å². The molecular weight excluding hydrogens is 264 g/mol. The van der Waals surface area contributed by atoms with Gasteiger partial charge in [-0.1, -0.05) is 64.7 Å². The molecule has 0 amide bonds. The van der Waals surface area contributed by atoms with Crippen molar-refractivity contribution in [1.29, 1.82) is 0 Å². The van der Waals surface area contributed by atoms with Gasteiger partial charge in [0.25, 0.3) is 0 Å². The fraction of sp³-hybridized carbons (Fsp3) is 0.824. The Balaban J connectivity index is 1.76. The van der Waals surface area contributed by atoms with E-state index in [-0.39, 0.29) is 0 Å². The molecule has 0 aliphatic heterocycles. The zero-order valence-corrected chi connectivity index (χ0v) is 14.2. The molecule has 2 nitrogen and oxygen atoms in total. The lowest BCUT2D eigenvalue weighted by Gasteiger charge is -2.03. The van der Waals surface area contributed by atoms with Crippen LogP contribution in [0.2, 0.25) is 0 Å². The van der Waals surface area contributed by atoms with E-state index in [1.54, 1.807) is 11.3 Å². The first-order valence-electron chi connectivity index (χ1n) is 8.44. The van der Waals surface area contributed by atoms with E-state index in [1.807, 2.05) is 0 Å². The van der Waals surface area contributed by atoms with Crippen LogP contribution in [0.3, 0.4) is 0 Å². The largest absolute Gasteiger partial charge is 0.311 e. The number of aromatic nitrogens is 1. The molecule has 0 atom stereocenters. The van der Waals surface area contributed by atoms with Crippen molar-refractivity contribution in [3.8, 4) is 0 Å². The molecule has 1 N–H and O–H groups in total. The monoisotopic (exact) mass is 296 g/mol. The van der Waals surface area contributed by atoms with Gasteiger partial charge >= 0.3 is 0 Å². The summed E-state index contributed by atoms with van der Waals surface area (Å²) in [5, 5.41) is 6.81. The highest BCUT2D eigenvalue weighted by Gasteiger charge is 1.97. The van der Waals surface area contributed by atoms with E-state index < -0.39 is 0 Å². The van der Waals surface area contributed by atoms with Crippen LogP contribution in [0.15, 0.2) is 5.38 Å². The van der Waals surface area contributed by atoms with Crippen molar-refractivity contribution >= 4 is 11.3 Å². The summed E-state index contributed by atoms with van der Waals surface area (Å²) in [5.74, 6) is 0. The Labute approximate surface area is 129 Å². The first kappa shape index (κ1) is 17.6. The molecule has 0 saturated heterocycles. The van der Waals surface area contributed by atoms with Gasteiger partial charge in [0.15, 0.2) is 0 Å². The number of hydrogen-bond acceptors (Lipinski definition) is 3. The molecule has 0 fully saturated rings. The molecule has 0 aliphatic carbocycles. The minimum Gasteiger partial charge on any atom is -0.311 e. The summed E-state index contributed by atoms with van der Waals surface area (Å²) in [4.78, 5) is 4.46. The number of rotatable bonds is 13. The van der Waals surface area contributed by atoms with Crippen LogP contribution in [0, 0.1) is 6.92 Å². The standard InChI is InChI=1S/C17H32N2S/c1-3-4-5-6-7-8-9-10-11-12-13-18-14-17-15-20-16(2)19-17/h15,18H,3-14H2,1-2H3. The lowest BCUT2D eigenvalue weighted by atomic mass is 10.1. The molecule has 0 radical (unpaired) electrons. The topological polar surface area (TPSA) is 24.9 Å². The first-order valence-corrected chi connectivity index (χ1v) is 9.32. The number of nitrogens with zero attached hydrogens (tertiary/aromatic N) is 1. The van der Waals surface area contributed by atoms with Gasteiger partial charge in [-0.05, 0) is 19.9 Å². The number of aryl methyl sites for hydroxylation is 1. The molecule has 3 heteroatoms. The van der Waals surface area contributed by atoms with E-state index in [2.05, 4.69) is 29.5 Å². The van der Waals surface area contributed by atoms with Gasteiger partial charge in [-0.2, -0.15) is 0 Å². The van der Waals surface area contributed by atoms with Crippen molar-refractivity contribution in [2.75, 3.05) is 6.54 Å². The van der Waals surface area contributed by atoms with Crippen LogP contribution in [0.5, 0.6) is 0 Å². The van der Waals surface area contributed by atoms with Crippen molar-refractivity contribution < 1.29 is 0 Å². The Kier molecular flexibility index (Phi) is 10.9. The van der Waals surface area contributed by atoms with Crippen LogP contribution in [0.25, 0.3) is 0 Å². The maximum absolute atomic E-state index is 4.46. The van der Waals surface area contributed by atoms with Crippen LogP contribution in [0.1, 0.15) is 81.8 Å². The van der Waals surface area contributed by atoms with Gasteiger partial charge in [-0.3, -0.25) is 0 Å². The number of nitrogens with one attached hydrogen (secondary N) is 1. The van der Waals surface area contributed by atoms with Gasteiger partial charge in [0, 0.05) is 11.9 Å². The summed E-state index contributed by atoms with van der Waals surface area (Å²) in [6.07, 6.45) is 14.1. The van der Waals surface area contributed by atoms with Crippen molar-refractivity contribution in [3.05, 3.63) is 16.1 Å². The second kappa shape index (κ2) is 12.3. The van der Waals surface area contributed by atoms with E-state index >= 15 is 0 Å². The minimum absolute atomic E-state index is 0.932. The Morgan fingerprint density at radius 2 is 1.55 bits per heavy atom. The predicted octanol–water partition coefficient (Wildman–Crippen LogP) is 5.46. The fourth-order valence-electron chi connectivity index (χ4n) is 2.44. The Morgan fingerprint density at radius 1 is 0.950 bits per heavy atom. The molecule has 0 aromatic carbocycles. The summed E-state index contributed by atoms with van der Waals surface area (Å²) in [6, 6.07) is 0. The zero-order chi connectivity index (χ0) is 14.5. The van der Waals surface area contributed by atoms with Gasteiger partial charge in [0.1, 0.15) is 0 Å². The Bertz CT molecular complexity index is 323. The second-order valence-corrected chi connectivity index (χ2v) is 6.78. The third kappa shape index (κ3) is 9.49. The second-order valence-electron chi connectivity index (χ2n) is 5.72. The Hall–Kier alpha value is -0.410. The van der Waals surface area contributed by atoms with Gasteiger partial charge in [-0.25, -0.2) is 4.98 Å². The third-order valence-electron chi connectivity index (χ3n) is 3.68. The number of unbranched alkanes of at least 4 members (excludes halogenated alkanes) is 9. The maximum atomic E-state index is 4.46. The van der Waals surface area contributed by atoms with Gasteiger partial charge in [0.05, 0.1) is 10.7 Å². The average molecular weight is 297 g/mol. The number of hydrogen-bond donors (Lipinski definition) is 1. The van der Waals surface area contributed by atoms with E-state index in [4.69, 9.17) is 0 Å². The zero-order valence-electron chi connectivity index (χ0n) is 13.4. The average Bonchev–Trinajstić information content (AvgIpc) is 2.86. The highest BCUT2D eigenvalue weighted by Crippen LogP contribution is 2.10. The van der Waals surface area contributed by atoms with E-state index in [9.17, 15) is 0 Å². The van der Waals surface area contributed by atoms with Crippen molar-refractivity contribution in [3.63, 3.8) is 0 Å². The molecular formula is C17H32N2S. The summed E-state index contributed by atoms with van der Waals surface area (Å²) in [7, 11) is 0. The molecule has 1 aromatic heterocycles. The smallest absolute Gasteiger partial charge is 0.0897 e. The lowest BCUT2D eigenvalue weighted by Crippen LogP contribution is -2.14. The van der Waals surface area contributed by atoms with Crippen LogP contribution in [-0.4, -0.2) is 11.5 Å². The molecule has 0 saturated carbocycles. The summed E-state index contributed by atoms with van der Waals surface area (Å²) >= 11 is 1.74. The quantitative estimate of drug-likeness (QED) is 0.489. The van der Waals surface area contributed by atoms with E-state index in [0.717, 1.165) is 13.1 Å². The SMILES string of the molecule is CCCCCCCCCCCCNCc1csc(C)n1. The molecule has 0 spiro atoms. The molecule has 1 heterocycles. The molecule has 0 aliphatic rings. The fourth-order valence-corrected chi connectivity index (χ4v) is 3.06. The minimum atomic E-state index is 0.932. The summed E-state index contributed by atoms with van der Waals surface area (Å²) in [5.41, 5.74) is 1.19. The molecule has 20 heavy (non-hydrogen) atoms. The van der Waals surface area contributed by atoms with Crippen molar-refractivity contribution in [1.82, 2.24) is 10.3 Å². The highest BCUT2D eigenvalue weighted by atomic mass is 32.1. The van der Waals surface area contributed by atoms with Crippen LogP contribution < -0.4 is 5.32 Å². The first-order chi connectivity index (χ1) is 9.83. The molecule has 1 rings (SSSR count). The van der Waals surface area contributed by atoms with Gasteiger partial charge < -0.3 is 5.32 Å². The maximum Gasteiger partial charge on any atom is 0.0897 e. The van der Waals surface area contributed by atoms with Crippen molar-refractivity contribution in [2.45, 2.75) is 84.6 Å². The van der Waals surface area contributed by atoms with Crippen LogP contribution >= 0.6 is 11.3 Å². The van der Waals surface area contributed by atoms with Crippen LogP contribution in [-0.2, 0) is 6.54 Å². The Morgan fingerprint density at radius 3 is 2.10 bits per heavy atom. The molecule has 0 unspecified atom stereocenters. The van der Waals surface area contributed by atoms with Crippen LogP contribution in [0.4, 0.5) is 0 Å². The van der Waals surface area contributed by atoms with E-state index in [0.29, 0.717) is 0 Å². The van der Waals surface area contributed by atoms with Gasteiger partial charge in [0.2, 0.25) is 0 Å². The summed E-state index contributed by atoms with van der Waals surface area (Å²) < 4.78 is 0. The van der Waals surface area contributed by atoms with Gasteiger partial charge in [-0.15, -0.1) is 11.3 Å². The predicted molar refractivity (Wildman–Crippen MR) is 90.4 cm³/mol. The normalized spacial score (nSPS) is 11.1. The number of thiazole rings is 1. The molecule has 1 aromatic rings. The molecule has 0 bridgehead atoms.